The second kappa shape index (κ2) is 9.98. The van der Waals surface area contributed by atoms with Gasteiger partial charge < -0.3 is 14.2 Å². The zero-order chi connectivity index (χ0) is 20.7. The third-order valence-electron chi connectivity index (χ3n) is 3.65. The van der Waals surface area contributed by atoms with Gasteiger partial charge in [0, 0.05) is 5.56 Å². The summed E-state index contributed by atoms with van der Waals surface area (Å²) in [4.78, 5) is 12.8. The van der Waals surface area contributed by atoms with Crippen molar-refractivity contribution in [3.05, 3.63) is 59.7 Å². The Labute approximate surface area is 168 Å². The van der Waals surface area contributed by atoms with E-state index in [1.807, 2.05) is 77.9 Å². The lowest BCUT2D eigenvalue weighted by Crippen LogP contribution is -2.09. The zero-order valence-electron chi connectivity index (χ0n) is 17.6. The number of hydrogen-bond acceptors (Lipinski definition) is 4. The molecule has 0 N–H and O–H groups in total. The Balaban J connectivity index is 2.32. The molecule has 0 saturated heterocycles. The van der Waals surface area contributed by atoms with Crippen LogP contribution in [0.1, 0.15) is 57.5 Å². The summed E-state index contributed by atoms with van der Waals surface area (Å²) in [6, 6.07) is 12.9. The van der Waals surface area contributed by atoms with Crippen molar-refractivity contribution in [1.82, 2.24) is 0 Å². The topological polar surface area (TPSA) is 44.8 Å². The minimum Gasteiger partial charge on any atom is -0.491 e. The van der Waals surface area contributed by atoms with Gasteiger partial charge in [-0.15, -0.1) is 0 Å². The van der Waals surface area contributed by atoms with Crippen LogP contribution < -0.4 is 14.2 Å². The molecule has 2 aromatic rings. The van der Waals surface area contributed by atoms with Crippen molar-refractivity contribution in [2.75, 3.05) is 0 Å². The van der Waals surface area contributed by atoms with Gasteiger partial charge in [0.15, 0.2) is 5.78 Å². The van der Waals surface area contributed by atoms with Gasteiger partial charge in [-0.25, -0.2) is 0 Å². The van der Waals surface area contributed by atoms with Gasteiger partial charge in [0.1, 0.15) is 17.2 Å². The maximum Gasteiger partial charge on any atom is 0.189 e. The van der Waals surface area contributed by atoms with Gasteiger partial charge in [0.25, 0.3) is 0 Å². The predicted octanol–water partition coefficient (Wildman–Crippen LogP) is 5.94. The minimum atomic E-state index is -0.123. The fourth-order valence-electron chi connectivity index (χ4n) is 2.65. The van der Waals surface area contributed by atoms with Crippen molar-refractivity contribution < 1.29 is 19.0 Å². The Kier molecular flexibility index (Phi) is 7.68. The number of rotatable bonds is 9. The number of allylic oxidation sites excluding steroid dienone is 1. The van der Waals surface area contributed by atoms with E-state index in [9.17, 15) is 4.79 Å². The molecule has 0 heterocycles. The van der Waals surface area contributed by atoms with Crippen molar-refractivity contribution in [3.63, 3.8) is 0 Å². The highest BCUT2D eigenvalue weighted by molar-refractivity contribution is 6.08. The van der Waals surface area contributed by atoms with Crippen LogP contribution in [0.3, 0.4) is 0 Å². The fourth-order valence-corrected chi connectivity index (χ4v) is 2.65. The van der Waals surface area contributed by atoms with E-state index in [2.05, 4.69) is 0 Å². The smallest absolute Gasteiger partial charge is 0.189 e. The highest BCUT2D eigenvalue weighted by atomic mass is 16.5. The SMILES string of the molecule is CC(C)Oc1ccc(OC(C)C)c(C=CC(=O)c2ccccc2OC(C)C)c1. The number of hydrogen-bond donors (Lipinski definition) is 0. The molecule has 150 valence electrons. The Hall–Kier alpha value is -2.75. The number of para-hydroxylation sites is 1. The highest BCUT2D eigenvalue weighted by Gasteiger charge is 2.12. The van der Waals surface area contributed by atoms with Crippen LogP contribution in [0.4, 0.5) is 0 Å². The lowest BCUT2D eigenvalue weighted by atomic mass is 10.1. The Morgan fingerprint density at radius 2 is 1.39 bits per heavy atom. The van der Waals surface area contributed by atoms with E-state index in [1.165, 1.54) is 0 Å². The van der Waals surface area contributed by atoms with Gasteiger partial charge in [-0.1, -0.05) is 12.1 Å². The van der Waals surface area contributed by atoms with Crippen molar-refractivity contribution >= 4 is 11.9 Å². The summed E-state index contributed by atoms with van der Waals surface area (Å²) in [6.07, 6.45) is 3.40. The van der Waals surface area contributed by atoms with Crippen molar-refractivity contribution in [2.24, 2.45) is 0 Å². The molecule has 2 rings (SSSR count). The second-order valence-electron chi connectivity index (χ2n) is 7.39. The van der Waals surface area contributed by atoms with Crippen molar-refractivity contribution in [3.8, 4) is 17.2 Å². The Bertz CT molecular complexity index is 819. The second-order valence-corrected chi connectivity index (χ2v) is 7.39. The average molecular weight is 383 g/mol. The molecule has 0 aliphatic carbocycles. The summed E-state index contributed by atoms with van der Waals surface area (Å²) in [6.45, 7) is 11.8. The molecule has 0 amide bonds. The summed E-state index contributed by atoms with van der Waals surface area (Å²) in [5, 5.41) is 0. The van der Waals surface area contributed by atoms with E-state index in [1.54, 1.807) is 18.2 Å². The molecule has 0 spiro atoms. The first-order valence-corrected chi connectivity index (χ1v) is 9.71. The number of carbonyl (C=O) groups is 1. The van der Waals surface area contributed by atoms with Crippen LogP contribution in [-0.4, -0.2) is 24.1 Å². The molecule has 0 aromatic heterocycles. The van der Waals surface area contributed by atoms with E-state index in [0.29, 0.717) is 17.1 Å². The molecule has 2 aromatic carbocycles. The molecule has 4 heteroatoms. The fraction of sp³-hybridized carbons (Fsp3) is 0.375. The molecule has 0 radical (unpaired) electrons. The first-order valence-electron chi connectivity index (χ1n) is 9.71. The van der Waals surface area contributed by atoms with Crippen LogP contribution in [-0.2, 0) is 0 Å². The summed E-state index contributed by atoms with van der Waals surface area (Å²) in [5.41, 5.74) is 1.33. The van der Waals surface area contributed by atoms with Crippen LogP contribution >= 0.6 is 0 Å². The molecule has 0 fully saturated rings. The summed E-state index contributed by atoms with van der Waals surface area (Å²) in [5.74, 6) is 1.91. The molecule has 0 bridgehead atoms. The number of ether oxygens (including phenoxy) is 3. The highest BCUT2D eigenvalue weighted by Crippen LogP contribution is 2.28. The quantitative estimate of drug-likeness (QED) is 0.397. The van der Waals surface area contributed by atoms with Gasteiger partial charge in [0.05, 0.1) is 23.9 Å². The first-order chi connectivity index (χ1) is 13.3. The van der Waals surface area contributed by atoms with E-state index in [4.69, 9.17) is 14.2 Å². The van der Waals surface area contributed by atoms with E-state index < -0.39 is 0 Å². The third kappa shape index (κ3) is 6.45. The lowest BCUT2D eigenvalue weighted by Gasteiger charge is -2.15. The Morgan fingerprint density at radius 3 is 2.04 bits per heavy atom. The number of benzene rings is 2. The third-order valence-corrected chi connectivity index (χ3v) is 3.65. The minimum absolute atomic E-state index is 0.00571. The molecule has 4 nitrogen and oxygen atoms in total. The summed E-state index contributed by atoms with van der Waals surface area (Å²) in [7, 11) is 0. The monoisotopic (exact) mass is 382 g/mol. The van der Waals surface area contributed by atoms with E-state index in [-0.39, 0.29) is 24.1 Å². The molecule has 0 saturated carbocycles. The van der Waals surface area contributed by atoms with Crippen LogP contribution in [0.15, 0.2) is 48.5 Å². The first kappa shape index (κ1) is 21.5. The van der Waals surface area contributed by atoms with Crippen LogP contribution in [0.5, 0.6) is 17.2 Å². The van der Waals surface area contributed by atoms with Crippen molar-refractivity contribution in [1.29, 1.82) is 0 Å². The van der Waals surface area contributed by atoms with Crippen molar-refractivity contribution in [2.45, 2.75) is 59.9 Å². The standard InChI is InChI=1S/C24H30O4/c1-16(2)26-20-12-14-23(27-17(3)4)19(15-20)11-13-22(25)21-9-7-8-10-24(21)28-18(5)6/h7-18H,1-6H3. The van der Waals surface area contributed by atoms with Crippen LogP contribution in [0, 0.1) is 0 Å². The summed E-state index contributed by atoms with van der Waals surface area (Å²) < 4.78 is 17.4. The normalized spacial score (nSPS) is 11.5. The molecule has 0 atom stereocenters. The van der Waals surface area contributed by atoms with Gasteiger partial charge in [-0.05, 0) is 84.0 Å². The number of carbonyl (C=O) groups excluding carboxylic acids is 1. The largest absolute Gasteiger partial charge is 0.491 e. The van der Waals surface area contributed by atoms with E-state index in [0.717, 1.165) is 11.3 Å². The van der Waals surface area contributed by atoms with Gasteiger partial charge >= 0.3 is 0 Å². The molecular weight excluding hydrogens is 352 g/mol. The number of ketones is 1. The van der Waals surface area contributed by atoms with Gasteiger partial charge in [0.2, 0.25) is 0 Å². The maximum absolute atomic E-state index is 12.8. The molecular formula is C24H30O4. The molecule has 0 aliphatic heterocycles. The van der Waals surface area contributed by atoms with E-state index >= 15 is 0 Å². The van der Waals surface area contributed by atoms with Gasteiger partial charge in [-0.3, -0.25) is 4.79 Å². The summed E-state index contributed by atoms with van der Waals surface area (Å²) >= 11 is 0. The molecule has 0 unspecified atom stereocenters. The lowest BCUT2D eigenvalue weighted by molar-refractivity contribution is 0.104. The zero-order valence-corrected chi connectivity index (χ0v) is 17.6. The maximum atomic E-state index is 12.8. The van der Waals surface area contributed by atoms with Crippen LogP contribution in [0.2, 0.25) is 0 Å². The Morgan fingerprint density at radius 1 is 0.786 bits per heavy atom. The predicted molar refractivity (Wildman–Crippen MR) is 114 cm³/mol. The molecule has 0 aliphatic rings. The average Bonchev–Trinajstić information content (AvgIpc) is 2.60. The molecule has 28 heavy (non-hydrogen) atoms. The van der Waals surface area contributed by atoms with Gasteiger partial charge in [-0.2, -0.15) is 0 Å². The van der Waals surface area contributed by atoms with Crippen LogP contribution in [0.25, 0.3) is 6.08 Å².